The van der Waals surface area contributed by atoms with Gasteiger partial charge >= 0.3 is 12.1 Å². The second-order valence-electron chi connectivity index (χ2n) is 6.75. The van der Waals surface area contributed by atoms with Crippen molar-refractivity contribution in [2.75, 3.05) is 26.3 Å². The highest BCUT2D eigenvalue weighted by atomic mass is 35.5. The number of carbonyl (C=O) groups is 3. The molecule has 0 bridgehead atoms. The van der Waals surface area contributed by atoms with E-state index in [0.29, 0.717) is 37.6 Å². The molecule has 160 valence electrons. The first-order chi connectivity index (χ1) is 14.5. The number of benzene rings is 1. The fraction of sp³-hybridized carbons (Fsp3) is 0.381. The van der Waals surface area contributed by atoms with Crippen LogP contribution in [0.2, 0.25) is 5.02 Å². The van der Waals surface area contributed by atoms with Crippen molar-refractivity contribution >= 4 is 57.1 Å². The number of nitrogens with zero attached hydrogens (tertiary/aromatic N) is 1. The summed E-state index contributed by atoms with van der Waals surface area (Å²) in [7, 11) is 0. The lowest BCUT2D eigenvalue weighted by molar-refractivity contribution is -0.144. The summed E-state index contributed by atoms with van der Waals surface area (Å²) in [6, 6.07) is 7.65. The number of nitrogens with one attached hydrogen (secondary N) is 1. The number of halogens is 1. The van der Waals surface area contributed by atoms with Gasteiger partial charge in [0.1, 0.15) is 0 Å². The third kappa shape index (κ3) is 5.73. The Balaban J connectivity index is 1.41. The molecule has 0 radical (unpaired) electrons. The Labute approximate surface area is 183 Å². The van der Waals surface area contributed by atoms with Crippen molar-refractivity contribution in [3.05, 3.63) is 40.2 Å². The summed E-state index contributed by atoms with van der Waals surface area (Å²) in [4.78, 5) is 38.0. The number of hydrogen-bond donors (Lipinski definition) is 1. The number of rotatable bonds is 6. The first-order valence-electron chi connectivity index (χ1n) is 9.71. The van der Waals surface area contributed by atoms with Gasteiger partial charge in [0.15, 0.2) is 6.61 Å². The van der Waals surface area contributed by atoms with Crippen LogP contribution < -0.4 is 5.32 Å². The SMILES string of the molecule is CCOC(=O)N1CCC(NC(=O)COC(=O)/C=C/c2sc3ccccc3c2Cl)CC1. The lowest BCUT2D eigenvalue weighted by Gasteiger charge is -2.31. The van der Waals surface area contributed by atoms with Crippen LogP contribution in [0.15, 0.2) is 30.3 Å². The number of carbonyl (C=O) groups excluding carboxylic acids is 3. The Hall–Kier alpha value is -2.58. The van der Waals surface area contributed by atoms with Crippen molar-refractivity contribution in [2.45, 2.75) is 25.8 Å². The summed E-state index contributed by atoms with van der Waals surface area (Å²) >= 11 is 7.81. The lowest BCUT2D eigenvalue weighted by atomic mass is 10.1. The van der Waals surface area contributed by atoms with Crippen LogP contribution in [0.1, 0.15) is 24.6 Å². The van der Waals surface area contributed by atoms with Gasteiger partial charge in [0.05, 0.1) is 11.6 Å². The van der Waals surface area contributed by atoms with E-state index in [1.54, 1.807) is 17.9 Å². The quantitative estimate of drug-likeness (QED) is 0.533. The van der Waals surface area contributed by atoms with Gasteiger partial charge in [0.2, 0.25) is 0 Å². The molecule has 9 heteroatoms. The average molecular weight is 451 g/mol. The second-order valence-corrected chi connectivity index (χ2v) is 8.21. The van der Waals surface area contributed by atoms with E-state index in [9.17, 15) is 14.4 Å². The molecule has 1 aliphatic heterocycles. The second kappa shape index (κ2) is 10.4. The molecule has 0 atom stereocenters. The van der Waals surface area contributed by atoms with Gasteiger partial charge in [0.25, 0.3) is 5.91 Å². The number of amides is 2. The maximum absolute atomic E-state index is 12.0. The van der Waals surface area contributed by atoms with Crippen molar-refractivity contribution in [1.29, 1.82) is 0 Å². The van der Waals surface area contributed by atoms with Crippen LogP contribution in [0.25, 0.3) is 16.2 Å². The van der Waals surface area contributed by atoms with E-state index in [-0.39, 0.29) is 24.6 Å². The molecule has 2 aromatic rings. The Kier molecular flexibility index (Phi) is 7.70. The Bertz CT molecular complexity index is 950. The van der Waals surface area contributed by atoms with Crippen LogP contribution in [0.5, 0.6) is 0 Å². The minimum Gasteiger partial charge on any atom is -0.452 e. The van der Waals surface area contributed by atoms with Gasteiger partial charge in [0, 0.05) is 40.2 Å². The molecule has 1 fully saturated rings. The van der Waals surface area contributed by atoms with Crippen LogP contribution in [0.4, 0.5) is 4.79 Å². The first kappa shape index (κ1) is 22.1. The normalized spacial score (nSPS) is 14.8. The summed E-state index contributed by atoms with van der Waals surface area (Å²) in [5.74, 6) is -0.984. The van der Waals surface area contributed by atoms with Gasteiger partial charge in [-0.15, -0.1) is 11.3 Å². The predicted octanol–water partition coefficient (Wildman–Crippen LogP) is 3.85. The van der Waals surface area contributed by atoms with E-state index in [2.05, 4.69) is 5.32 Å². The maximum Gasteiger partial charge on any atom is 0.409 e. The molecule has 7 nitrogen and oxygen atoms in total. The minimum atomic E-state index is -0.615. The van der Waals surface area contributed by atoms with Gasteiger partial charge in [-0.25, -0.2) is 9.59 Å². The summed E-state index contributed by atoms with van der Waals surface area (Å²) in [6.45, 7) is 2.77. The van der Waals surface area contributed by atoms with Gasteiger partial charge in [-0.05, 0) is 31.9 Å². The van der Waals surface area contributed by atoms with Crippen LogP contribution in [0.3, 0.4) is 0 Å². The van der Waals surface area contributed by atoms with Crippen molar-refractivity contribution < 1.29 is 23.9 Å². The van der Waals surface area contributed by atoms with Crippen molar-refractivity contribution in [2.24, 2.45) is 0 Å². The molecule has 1 saturated heterocycles. The molecule has 30 heavy (non-hydrogen) atoms. The third-order valence-electron chi connectivity index (χ3n) is 4.66. The van der Waals surface area contributed by atoms with Crippen LogP contribution in [-0.4, -0.2) is 55.2 Å². The van der Waals surface area contributed by atoms with Gasteiger partial charge in [-0.2, -0.15) is 0 Å². The number of esters is 1. The molecule has 2 amide bonds. The molecule has 1 aromatic carbocycles. The largest absolute Gasteiger partial charge is 0.452 e. The zero-order valence-electron chi connectivity index (χ0n) is 16.6. The highest BCUT2D eigenvalue weighted by molar-refractivity contribution is 7.20. The first-order valence-corrected chi connectivity index (χ1v) is 10.9. The van der Waals surface area contributed by atoms with Crippen molar-refractivity contribution in [3.63, 3.8) is 0 Å². The molecule has 1 aliphatic rings. The molecular weight excluding hydrogens is 428 g/mol. The van der Waals surface area contributed by atoms with E-state index in [4.69, 9.17) is 21.1 Å². The smallest absolute Gasteiger partial charge is 0.409 e. The van der Waals surface area contributed by atoms with Crippen LogP contribution in [-0.2, 0) is 19.1 Å². The Morgan fingerprint density at radius 1 is 1.23 bits per heavy atom. The topological polar surface area (TPSA) is 84.9 Å². The number of ether oxygens (including phenoxy) is 2. The number of hydrogen-bond acceptors (Lipinski definition) is 6. The fourth-order valence-electron chi connectivity index (χ4n) is 3.16. The van der Waals surface area contributed by atoms with Crippen LogP contribution in [0, 0.1) is 0 Å². The van der Waals surface area contributed by atoms with Crippen molar-refractivity contribution in [1.82, 2.24) is 10.2 Å². The highest BCUT2D eigenvalue weighted by Crippen LogP contribution is 2.35. The molecular formula is C21H23ClN2O5S. The summed E-state index contributed by atoms with van der Waals surface area (Å²) in [5.41, 5.74) is 0. The molecule has 1 N–H and O–H groups in total. The fourth-order valence-corrected chi connectivity index (χ4v) is 4.56. The Morgan fingerprint density at radius 3 is 2.67 bits per heavy atom. The zero-order chi connectivity index (χ0) is 21.5. The van der Waals surface area contributed by atoms with Crippen molar-refractivity contribution in [3.8, 4) is 0 Å². The van der Waals surface area contributed by atoms with Gasteiger partial charge in [-0.1, -0.05) is 29.8 Å². The van der Waals surface area contributed by atoms with E-state index in [1.165, 1.54) is 17.4 Å². The lowest BCUT2D eigenvalue weighted by Crippen LogP contribution is -2.47. The number of likely N-dealkylation sites (tertiary alicyclic amines) is 1. The minimum absolute atomic E-state index is 0.0604. The molecule has 1 aromatic heterocycles. The van der Waals surface area contributed by atoms with Gasteiger partial charge < -0.3 is 19.7 Å². The molecule has 0 spiro atoms. The van der Waals surface area contributed by atoms with E-state index >= 15 is 0 Å². The van der Waals surface area contributed by atoms with E-state index in [1.807, 2.05) is 24.3 Å². The summed E-state index contributed by atoms with van der Waals surface area (Å²) < 4.78 is 11.0. The molecule has 3 rings (SSSR count). The van der Waals surface area contributed by atoms with E-state index < -0.39 is 5.97 Å². The molecule has 0 unspecified atom stereocenters. The molecule has 0 aliphatic carbocycles. The van der Waals surface area contributed by atoms with Crippen LogP contribution >= 0.6 is 22.9 Å². The zero-order valence-corrected chi connectivity index (χ0v) is 18.1. The number of piperidine rings is 1. The molecule has 0 saturated carbocycles. The summed E-state index contributed by atoms with van der Waals surface area (Å²) in [6.07, 6.45) is 3.79. The standard InChI is InChI=1S/C21H23ClN2O5S/c1-2-28-21(27)24-11-9-14(10-12-24)23-18(25)13-29-19(26)8-7-17-20(22)15-5-3-4-6-16(15)30-17/h3-8,14H,2,9-13H2,1H3,(H,23,25)/b8-7+. The average Bonchev–Trinajstić information content (AvgIpc) is 3.07. The number of fused-ring (bicyclic) bond motifs is 1. The maximum atomic E-state index is 12.0. The highest BCUT2D eigenvalue weighted by Gasteiger charge is 2.24. The third-order valence-corrected chi connectivity index (χ3v) is 6.32. The van der Waals surface area contributed by atoms with E-state index in [0.717, 1.165) is 15.0 Å². The Morgan fingerprint density at radius 2 is 1.97 bits per heavy atom. The molecule has 2 heterocycles. The summed E-state index contributed by atoms with van der Waals surface area (Å²) in [5, 5.41) is 4.35. The predicted molar refractivity (Wildman–Crippen MR) is 117 cm³/mol. The van der Waals surface area contributed by atoms with Gasteiger partial charge in [-0.3, -0.25) is 4.79 Å². The monoisotopic (exact) mass is 450 g/mol. The number of thiophene rings is 1.